The van der Waals surface area contributed by atoms with Crippen LogP contribution < -0.4 is 9.47 Å². The molecule has 0 spiro atoms. The van der Waals surface area contributed by atoms with E-state index in [-0.39, 0.29) is 0 Å². The molecule has 3 aromatic rings. The van der Waals surface area contributed by atoms with Gasteiger partial charge in [0.05, 0.1) is 13.4 Å². The van der Waals surface area contributed by atoms with E-state index in [9.17, 15) is 0 Å². The van der Waals surface area contributed by atoms with Gasteiger partial charge in [-0.2, -0.15) is 0 Å². The lowest BCUT2D eigenvalue weighted by Crippen LogP contribution is -1.86. The van der Waals surface area contributed by atoms with E-state index in [2.05, 4.69) is 0 Å². The highest BCUT2D eigenvalue weighted by atomic mass is 16.5. The van der Waals surface area contributed by atoms with Gasteiger partial charge in [0, 0.05) is 11.6 Å². The van der Waals surface area contributed by atoms with Gasteiger partial charge in [-0.3, -0.25) is 0 Å². The summed E-state index contributed by atoms with van der Waals surface area (Å²) in [5.74, 6) is 3.14. The molecule has 0 atom stereocenters. The average Bonchev–Trinajstić information content (AvgIpc) is 3.02. The quantitative estimate of drug-likeness (QED) is 0.683. The van der Waals surface area contributed by atoms with Crippen molar-refractivity contribution in [3.8, 4) is 28.6 Å². The molecule has 3 rings (SSSR count). The van der Waals surface area contributed by atoms with Crippen molar-refractivity contribution in [1.29, 1.82) is 0 Å². The smallest absolute Gasteiger partial charge is 0.133 e. The molecule has 0 radical (unpaired) electrons. The number of hydrogen-bond acceptors (Lipinski definition) is 3. The van der Waals surface area contributed by atoms with Crippen molar-refractivity contribution in [1.82, 2.24) is 0 Å². The zero-order valence-electron chi connectivity index (χ0n) is 11.1. The van der Waals surface area contributed by atoms with Crippen molar-refractivity contribution in [2.24, 2.45) is 0 Å². The maximum absolute atomic E-state index is 5.78. The van der Waals surface area contributed by atoms with Gasteiger partial charge in [-0.25, -0.2) is 0 Å². The van der Waals surface area contributed by atoms with E-state index in [1.165, 1.54) is 0 Å². The first kappa shape index (κ1) is 12.4. The Morgan fingerprint density at radius 3 is 2.30 bits per heavy atom. The van der Waals surface area contributed by atoms with Crippen LogP contribution in [0.2, 0.25) is 0 Å². The Labute approximate surface area is 117 Å². The second-order valence-corrected chi connectivity index (χ2v) is 4.28. The standard InChI is InChI=1S/C17H14O3/c1-18-15-4-2-5-16(12-15)20-14-9-7-13(8-10-14)17-6-3-11-19-17/h2-12H,1H3. The zero-order chi connectivity index (χ0) is 13.8. The third-order valence-electron chi connectivity index (χ3n) is 2.94. The summed E-state index contributed by atoms with van der Waals surface area (Å²) in [4.78, 5) is 0. The lowest BCUT2D eigenvalue weighted by Gasteiger charge is -2.07. The molecule has 0 amide bonds. The van der Waals surface area contributed by atoms with Gasteiger partial charge in [-0.15, -0.1) is 0 Å². The van der Waals surface area contributed by atoms with Crippen LogP contribution in [0.25, 0.3) is 11.3 Å². The molecule has 1 aromatic heterocycles. The molecule has 1 heterocycles. The number of rotatable bonds is 4. The van der Waals surface area contributed by atoms with E-state index in [0.29, 0.717) is 0 Å². The maximum atomic E-state index is 5.78. The Morgan fingerprint density at radius 2 is 1.60 bits per heavy atom. The van der Waals surface area contributed by atoms with Crippen LogP contribution in [0.15, 0.2) is 71.3 Å². The fourth-order valence-electron chi connectivity index (χ4n) is 1.93. The minimum Gasteiger partial charge on any atom is -0.497 e. The molecule has 0 fully saturated rings. The summed E-state index contributed by atoms with van der Waals surface area (Å²) in [6.45, 7) is 0. The lowest BCUT2D eigenvalue weighted by atomic mass is 10.2. The van der Waals surface area contributed by atoms with Gasteiger partial charge in [-0.1, -0.05) is 6.07 Å². The molecule has 0 saturated carbocycles. The molecule has 0 aliphatic carbocycles. The Balaban J connectivity index is 1.78. The number of ether oxygens (including phenoxy) is 2. The lowest BCUT2D eigenvalue weighted by molar-refractivity contribution is 0.409. The van der Waals surface area contributed by atoms with Gasteiger partial charge in [0.1, 0.15) is 23.0 Å². The van der Waals surface area contributed by atoms with Gasteiger partial charge in [0.15, 0.2) is 0 Å². The predicted octanol–water partition coefficient (Wildman–Crippen LogP) is 4.75. The van der Waals surface area contributed by atoms with Gasteiger partial charge < -0.3 is 13.9 Å². The Bertz CT molecular complexity index is 670. The molecule has 3 heteroatoms. The van der Waals surface area contributed by atoms with E-state index in [1.807, 2.05) is 60.7 Å². The van der Waals surface area contributed by atoms with E-state index in [1.54, 1.807) is 13.4 Å². The minimum atomic E-state index is 0.745. The fourth-order valence-corrected chi connectivity index (χ4v) is 1.93. The van der Waals surface area contributed by atoms with Crippen LogP contribution >= 0.6 is 0 Å². The molecular weight excluding hydrogens is 252 g/mol. The number of benzene rings is 2. The first-order chi connectivity index (χ1) is 9.85. The van der Waals surface area contributed by atoms with Crippen LogP contribution in [-0.4, -0.2) is 7.11 Å². The van der Waals surface area contributed by atoms with Crippen molar-refractivity contribution >= 4 is 0 Å². The van der Waals surface area contributed by atoms with Gasteiger partial charge in [0.2, 0.25) is 0 Å². The van der Waals surface area contributed by atoms with Crippen LogP contribution in [0, 0.1) is 0 Å². The highest BCUT2D eigenvalue weighted by molar-refractivity contribution is 5.58. The number of methoxy groups -OCH3 is 1. The highest BCUT2D eigenvalue weighted by Crippen LogP contribution is 2.27. The van der Waals surface area contributed by atoms with Crippen molar-refractivity contribution < 1.29 is 13.9 Å². The monoisotopic (exact) mass is 266 g/mol. The van der Waals surface area contributed by atoms with Crippen LogP contribution in [0.3, 0.4) is 0 Å². The molecule has 0 saturated heterocycles. The number of furan rings is 1. The van der Waals surface area contributed by atoms with E-state index in [0.717, 1.165) is 28.6 Å². The molecular formula is C17H14O3. The van der Waals surface area contributed by atoms with Gasteiger partial charge in [-0.05, 0) is 48.5 Å². The Hall–Kier alpha value is -2.68. The van der Waals surface area contributed by atoms with Crippen molar-refractivity contribution in [2.75, 3.05) is 7.11 Å². The van der Waals surface area contributed by atoms with E-state index in [4.69, 9.17) is 13.9 Å². The maximum Gasteiger partial charge on any atom is 0.133 e. The average molecular weight is 266 g/mol. The molecule has 0 aliphatic rings. The van der Waals surface area contributed by atoms with Gasteiger partial charge >= 0.3 is 0 Å². The molecule has 0 aliphatic heterocycles. The highest BCUT2D eigenvalue weighted by Gasteiger charge is 2.02. The fraction of sp³-hybridized carbons (Fsp3) is 0.0588. The first-order valence-corrected chi connectivity index (χ1v) is 6.31. The van der Waals surface area contributed by atoms with E-state index < -0.39 is 0 Å². The summed E-state index contributed by atoms with van der Waals surface area (Å²) < 4.78 is 16.3. The third kappa shape index (κ3) is 2.67. The minimum absolute atomic E-state index is 0.745. The van der Waals surface area contributed by atoms with Crippen molar-refractivity contribution in [3.05, 3.63) is 66.9 Å². The molecule has 100 valence electrons. The topological polar surface area (TPSA) is 31.6 Å². The molecule has 0 N–H and O–H groups in total. The summed E-state index contributed by atoms with van der Waals surface area (Å²) in [5, 5.41) is 0. The molecule has 3 nitrogen and oxygen atoms in total. The van der Waals surface area contributed by atoms with Crippen molar-refractivity contribution in [3.63, 3.8) is 0 Å². The third-order valence-corrected chi connectivity index (χ3v) is 2.94. The van der Waals surface area contributed by atoms with Crippen LogP contribution in [0.1, 0.15) is 0 Å². The zero-order valence-corrected chi connectivity index (χ0v) is 11.1. The Morgan fingerprint density at radius 1 is 0.800 bits per heavy atom. The summed E-state index contributed by atoms with van der Waals surface area (Å²) in [7, 11) is 1.64. The van der Waals surface area contributed by atoms with E-state index >= 15 is 0 Å². The summed E-state index contributed by atoms with van der Waals surface area (Å²) in [5.41, 5.74) is 1.02. The molecule has 2 aromatic carbocycles. The second kappa shape index (κ2) is 5.53. The van der Waals surface area contributed by atoms with Crippen molar-refractivity contribution in [2.45, 2.75) is 0 Å². The second-order valence-electron chi connectivity index (χ2n) is 4.28. The first-order valence-electron chi connectivity index (χ1n) is 6.31. The van der Waals surface area contributed by atoms with Crippen LogP contribution in [0.4, 0.5) is 0 Å². The number of hydrogen-bond donors (Lipinski definition) is 0. The largest absolute Gasteiger partial charge is 0.497 e. The Kier molecular flexibility index (Phi) is 3.42. The summed E-state index contributed by atoms with van der Waals surface area (Å²) in [6, 6.07) is 19.1. The summed E-state index contributed by atoms with van der Waals surface area (Å²) in [6.07, 6.45) is 1.66. The van der Waals surface area contributed by atoms with Crippen LogP contribution in [0.5, 0.6) is 17.2 Å². The molecule has 20 heavy (non-hydrogen) atoms. The summed E-state index contributed by atoms with van der Waals surface area (Å²) >= 11 is 0. The predicted molar refractivity (Wildman–Crippen MR) is 77.2 cm³/mol. The normalized spacial score (nSPS) is 10.2. The van der Waals surface area contributed by atoms with Gasteiger partial charge in [0.25, 0.3) is 0 Å². The molecule has 0 unspecified atom stereocenters. The van der Waals surface area contributed by atoms with Crippen LogP contribution in [-0.2, 0) is 0 Å². The SMILES string of the molecule is COc1cccc(Oc2ccc(-c3ccco3)cc2)c1. The molecule has 0 bridgehead atoms.